The van der Waals surface area contributed by atoms with Crippen LogP contribution in [-0.2, 0) is 9.84 Å². The molecular formula is C16H16ClN3O3S. The molecule has 0 spiro atoms. The van der Waals surface area contributed by atoms with Gasteiger partial charge in [0.2, 0.25) is 0 Å². The van der Waals surface area contributed by atoms with Crippen molar-refractivity contribution in [3.05, 3.63) is 53.3 Å². The number of para-hydroxylation sites is 1. The molecule has 1 aromatic heterocycles. The van der Waals surface area contributed by atoms with Crippen molar-refractivity contribution >= 4 is 38.7 Å². The Hall–Kier alpha value is -2.12. The van der Waals surface area contributed by atoms with Gasteiger partial charge in [-0.15, -0.1) is 0 Å². The lowest BCUT2D eigenvalue weighted by Gasteiger charge is -2.12. The van der Waals surface area contributed by atoms with E-state index in [1.54, 1.807) is 36.4 Å². The van der Waals surface area contributed by atoms with Gasteiger partial charge in [0.1, 0.15) is 5.69 Å². The van der Waals surface area contributed by atoms with Crippen LogP contribution in [0.2, 0.25) is 5.02 Å². The van der Waals surface area contributed by atoms with Gasteiger partial charge in [-0.25, -0.2) is 13.4 Å². The second kappa shape index (κ2) is 6.78. The number of pyridine rings is 1. The summed E-state index contributed by atoms with van der Waals surface area (Å²) >= 11 is 6.00. The Morgan fingerprint density at radius 2 is 2.00 bits per heavy atom. The van der Waals surface area contributed by atoms with Gasteiger partial charge >= 0.3 is 0 Å². The van der Waals surface area contributed by atoms with E-state index in [0.717, 1.165) is 0 Å². The number of amides is 1. The molecule has 0 bridgehead atoms. The van der Waals surface area contributed by atoms with Crippen LogP contribution < -0.4 is 10.6 Å². The van der Waals surface area contributed by atoms with Gasteiger partial charge in [-0.2, -0.15) is 0 Å². The predicted molar refractivity (Wildman–Crippen MR) is 94.3 cm³/mol. The normalized spacial score (nSPS) is 19.0. The van der Waals surface area contributed by atoms with E-state index in [2.05, 4.69) is 15.6 Å². The predicted octanol–water partition coefficient (Wildman–Crippen LogP) is 2.59. The number of sulfone groups is 1. The summed E-state index contributed by atoms with van der Waals surface area (Å²) in [4.78, 5) is 16.3. The monoisotopic (exact) mass is 365 g/mol. The van der Waals surface area contributed by atoms with E-state index in [0.29, 0.717) is 22.8 Å². The number of nitrogens with one attached hydrogen (secondary N) is 2. The van der Waals surface area contributed by atoms with Crippen LogP contribution in [0.4, 0.5) is 11.4 Å². The lowest BCUT2D eigenvalue weighted by molar-refractivity contribution is 0.102. The summed E-state index contributed by atoms with van der Waals surface area (Å²) in [5, 5.41) is 6.27. The Balaban J connectivity index is 1.64. The molecule has 6 nitrogen and oxygen atoms in total. The molecule has 1 unspecified atom stereocenters. The Kier molecular flexibility index (Phi) is 4.73. The highest BCUT2D eigenvalue weighted by atomic mass is 35.5. The van der Waals surface area contributed by atoms with E-state index < -0.39 is 9.84 Å². The van der Waals surface area contributed by atoms with Crippen molar-refractivity contribution in [1.29, 1.82) is 0 Å². The fourth-order valence-corrected chi connectivity index (χ4v) is 4.36. The van der Waals surface area contributed by atoms with Gasteiger partial charge < -0.3 is 10.6 Å². The Labute approximate surface area is 145 Å². The molecule has 0 saturated carbocycles. The molecule has 0 aliphatic carbocycles. The average Bonchev–Trinajstić information content (AvgIpc) is 2.89. The minimum absolute atomic E-state index is 0.111. The molecule has 1 amide bonds. The Bertz CT molecular complexity index is 853. The first-order valence-corrected chi connectivity index (χ1v) is 9.62. The van der Waals surface area contributed by atoms with Crippen molar-refractivity contribution in [3.63, 3.8) is 0 Å². The third-order valence-corrected chi connectivity index (χ3v) is 5.82. The molecule has 1 aliphatic heterocycles. The van der Waals surface area contributed by atoms with Crippen LogP contribution in [0.15, 0.2) is 42.6 Å². The number of halogens is 1. The first-order valence-electron chi connectivity index (χ1n) is 7.42. The van der Waals surface area contributed by atoms with Crippen molar-refractivity contribution < 1.29 is 13.2 Å². The van der Waals surface area contributed by atoms with Crippen LogP contribution >= 0.6 is 11.6 Å². The van der Waals surface area contributed by atoms with Crippen LogP contribution in [0.3, 0.4) is 0 Å². The first kappa shape index (κ1) is 16.7. The second-order valence-electron chi connectivity index (χ2n) is 5.61. The SMILES string of the molecule is O=C(Nc1ccccc1Cl)c1ccc(NC2CCS(=O)(=O)C2)cn1. The van der Waals surface area contributed by atoms with Crippen LogP contribution in [0.5, 0.6) is 0 Å². The van der Waals surface area contributed by atoms with Crippen LogP contribution in [0, 0.1) is 0 Å². The number of carbonyl (C=O) groups is 1. The largest absolute Gasteiger partial charge is 0.380 e. The van der Waals surface area contributed by atoms with E-state index in [1.165, 1.54) is 6.20 Å². The van der Waals surface area contributed by atoms with Gasteiger partial charge in [0, 0.05) is 6.04 Å². The molecule has 1 aromatic carbocycles. The molecular weight excluding hydrogens is 350 g/mol. The first-order chi connectivity index (χ1) is 11.4. The molecule has 2 heterocycles. The summed E-state index contributed by atoms with van der Waals surface area (Å²) in [5.41, 5.74) is 1.45. The smallest absolute Gasteiger partial charge is 0.274 e. The third kappa shape index (κ3) is 4.04. The van der Waals surface area contributed by atoms with Crippen LogP contribution in [0.1, 0.15) is 16.9 Å². The number of carbonyl (C=O) groups excluding carboxylic acids is 1. The quantitative estimate of drug-likeness (QED) is 0.869. The minimum atomic E-state index is -2.94. The van der Waals surface area contributed by atoms with E-state index in [1.807, 2.05) is 0 Å². The van der Waals surface area contributed by atoms with Gasteiger partial charge in [0.15, 0.2) is 9.84 Å². The van der Waals surface area contributed by atoms with E-state index in [-0.39, 0.29) is 29.1 Å². The highest BCUT2D eigenvalue weighted by Gasteiger charge is 2.27. The van der Waals surface area contributed by atoms with Crippen molar-refractivity contribution in [2.75, 3.05) is 22.1 Å². The molecule has 0 radical (unpaired) electrons. The molecule has 3 rings (SSSR count). The number of benzene rings is 1. The summed E-state index contributed by atoms with van der Waals surface area (Å²) in [5.74, 6) is -0.0314. The van der Waals surface area contributed by atoms with Crippen LogP contribution in [0.25, 0.3) is 0 Å². The fraction of sp³-hybridized carbons (Fsp3) is 0.250. The average molecular weight is 366 g/mol. The Morgan fingerprint density at radius 3 is 2.62 bits per heavy atom. The minimum Gasteiger partial charge on any atom is -0.380 e. The van der Waals surface area contributed by atoms with E-state index in [9.17, 15) is 13.2 Å². The summed E-state index contributed by atoms with van der Waals surface area (Å²) in [6.07, 6.45) is 2.10. The number of nitrogens with zero attached hydrogens (tertiary/aromatic N) is 1. The Morgan fingerprint density at radius 1 is 1.21 bits per heavy atom. The molecule has 1 saturated heterocycles. The lowest BCUT2D eigenvalue weighted by atomic mass is 10.2. The maximum Gasteiger partial charge on any atom is 0.274 e. The third-order valence-electron chi connectivity index (χ3n) is 3.72. The molecule has 126 valence electrons. The summed E-state index contributed by atoms with van der Waals surface area (Å²) < 4.78 is 22.9. The highest BCUT2D eigenvalue weighted by molar-refractivity contribution is 7.91. The van der Waals surface area contributed by atoms with Gasteiger partial charge in [0.05, 0.1) is 34.1 Å². The number of hydrogen-bond donors (Lipinski definition) is 2. The summed E-state index contributed by atoms with van der Waals surface area (Å²) in [6, 6.07) is 10.1. The van der Waals surface area contributed by atoms with Crippen LogP contribution in [-0.4, -0.2) is 36.9 Å². The van der Waals surface area contributed by atoms with E-state index >= 15 is 0 Å². The van der Waals surface area contributed by atoms with Gasteiger partial charge in [0.25, 0.3) is 5.91 Å². The molecule has 24 heavy (non-hydrogen) atoms. The molecule has 2 N–H and O–H groups in total. The molecule has 2 aromatic rings. The summed E-state index contributed by atoms with van der Waals surface area (Å²) in [7, 11) is -2.94. The zero-order valence-electron chi connectivity index (χ0n) is 12.7. The number of hydrogen-bond acceptors (Lipinski definition) is 5. The lowest BCUT2D eigenvalue weighted by Crippen LogP contribution is -2.21. The second-order valence-corrected chi connectivity index (χ2v) is 8.25. The molecule has 1 atom stereocenters. The zero-order valence-corrected chi connectivity index (χ0v) is 14.3. The standard InChI is InChI=1S/C16H16ClN3O3S/c17-13-3-1-2-4-14(13)20-16(21)15-6-5-11(9-18-15)19-12-7-8-24(22,23)10-12/h1-6,9,12,19H,7-8,10H2,(H,20,21). The highest BCUT2D eigenvalue weighted by Crippen LogP contribution is 2.21. The van der Waals surface area contributed by atoms with Gasteiger partial charge in [-0.1, -0.05) is 23.7 Å². The van der Waals surface area contributed by atoms with Crippen molar-refractivity contribution in [2.24, 2.45) is 0 Å². The fourth-order valence-electron chi connectivity index (χ4n) is 2.51. The maximum atomic E-state index is 12.2. The van der Waals surface area contributed by atoms with Crippen molar-refractivity contribution in [2.45, 2.75) is 12.5 Å². The summed E-state index contributed by atoms with van der Waals surface area (Å²) in [6.45, 7) is 0. The molecule has 1 aliphatic rings. The number of rotatable bonds is 4. The molecule has 1 fully saturated rings. The number of anilines is 2. The van der Waals surface area contributed by atoms with Crippen molar-refractivity contribution in [1.82, 2.24) is 4.98 Å². The van der Waals surface area contributed by atoms with E-state index in [4.69, 9.17) is 11.6 Å². The molecule has 8 heteroatoms. The zero-order chi connectivity index (χ0) is 17.2. The van der Waals surface area contributed by atoms with Gasteiger partial charge in [-0.3, -0.25) is 4.79 Å². The number of aromatic nitrogens is 1. The topological polar surface area (TPSA) is 88.2 Å². The maximum absolute atomic E-state index is 12.2. The van der Waals surface area contributed by atoms with Gasteiger partial charge in [-0.05, 0) is 30.7 Å². The van der Waals surface area contributed by atoms with Crippen molar-refractivity contribution in [3.8, 4) is 0 Å².